The first kappa shape index (κ1) is 14.5. The second kappa shape index (κ2) is 6.02. The molecular weight excluding hydrogens is 284 g/mol. The van der Waals surface area contributed by atoms with Crippen LogP contribution in [0.5, 0.6) is 0 Å². The number of nitrogens with zero attached hydrogens (tertiary/aromatic N) is 1. The molecule has 1 N–H and O–H groups in total. The van der Waals surface area contributed by atoms with Crippen LogP contribution in [-0.2, 0) is 14.8 Å². The van der Waals surface area contributed by atoms with Gasteiger partial charge in [0.05, 0.1) is 11.7 Å². The molecule has 2 heterocycles. The highest BCUT2D eigenvalue weighted by Gasteiger charge is 2.27. The van der Waals surface area contributed by atoms with Crippen LogP contribution in [0, 0.1) is 0 Å². The Bertz CT molecular complexity index is 525. The summed E-state index contributed by atoms with van der Waals surface area (Å²) in [6, 6.07) is 3.85. The van der Waals surface area contributed by atoms with E-state index in [9.17, 15) is 13.2 Å². The lowest BCUT2D eigenvalue weighted by molar-refractivity contribution is -0.122. The van der Waals surface area contributed by atoms with Crippen molar-refractivity contribution < 1.29 is 13.2 Å². The van der Waals surface area contributed by atoms with E-state index in [0.717, 1.165) is 4.88 Å². The fourth-order valence-electron chi connectivity index (χ4n) is 2.07. The molecule has 0 aliphatic carbocycles. The molecule has 19 heavy (non-hydrogen) atoms. The van der Waals surface area contributed by atoms with Gasteiger partial charge in [-0.2, -0.15) is 0 Å². The van der Waals surface area contributed by atoms with Crippen LogP contribution < -0.4 is 5.32 Å². The van der Waals surface area contributed by atoms with Crippen molar-refractivity contribution in [3.05, 3.63) is 22.4 Å². The third-order valence-electron chi connectivity index (χ3n) is 3.23. The van der Waals surface area contributed by atoms with Crippen molar-refractivity contribution >= 4 is 27.3 Å². The number of amides is 1. The van der Waals surface area contributed by atoms with Crippen molar-refractivity contribution in [1.82, 2.24) is 9.62 Å². The molecule has 7 heteroatoms. The van der Waals surface area contributed by atoms with Crippen LogP contribution in [0.4, 0.5) is 0 Å². The maximum Gasteiger partial charge on any atom is 0.228 e. The number of hydrogen-bond donors (Lipinski definition) is 1. The van der Waals surface area contributed by atoms with Crippen LogP contribution in [0.15, 0.2) is 17.5 Å². The average Bonchev–Trinajstić information content (AvgIpc) is 2.98. The summed E-state index contributed by atoms with van der Waals surface area (Å²) in [5, 5.41) is 4.74. The van der Waals surface area contributed by atoms with Crippen LogP contribution >= 0.6 is 11.3 Å². The number of nitrogens with one attached hydrogen (secondary N) is 1. The van der Waals surface area contributed by atoms with Gasteiger partial charge >= 0.3 is 0 Å². The van der Waals surface area contributed by atoms with E-state index in [-0.39, 0.29) is 17.6 Å². The number of rotatable bonds is 5. The largest absolute Gasteiger partial charge is 0.354 e. The Labute approximate surface area is 117 Å². The van der Waals surface area contributed by atoms with Gasteiger partial charge in [0.25, 0.3) is 0 Å². The monoisotopic (exact) mass is 302 g/mol. The minimum Gasteiger partial charge on any atom is -0.354 e. The maximum atomic E-state index is 11.9. The molecule has 1 fully saturated rings. The predicted octanol–water partition coefficient (Wildman–Crippen LogP) is 1.00. The van der Waals surface area contributed by atoms with Gasteiger partial charge in [0.2, 0.25) is 15.9 Å². The number of hydrogen-bond acceptors (Lipinski definition) is 4. The van der Waals surface area contributed by atoms with E-state index in [2.05, 4.69) is 5.32 Å². The molecular formula is C12H18N2O3S2. The van der Waals surface area contributed by atoms with Gasteiger partial charge in [0, 0.05) is 24.5 Å². The Balaban J connectivity index is 1.78. The van der Waals surface area contributed by atoms with Gasteiger partial charge in [0.1, 0.15) is 0 Å². The molecule has 1 amide bonds. The molecule has 2 rings (SSSR count). The number of carbonyl (C=O) groups is 1. The zero-order valence-corrected chi connectivity index (χ0v) is 12.5. The van der Waals surface area contributed by atoms with Crippen LogP contribution in [0.1, 0.15) is 24.1 Å². The minimum atomic E-state index is -3.06. The predicted molar refractivity (Wildman–Crippen MR) is 75.7 cm³/mol. The molecule has 1 saturated heterocycles. The van der Waals surface area contributed by atoms with Crippen molar-refractivity contribution in [3.63, 3.8) is 0 Å². The molecule has 1 aliphatic rings. The van der Waals surface area contributed by atoms with Gasteiger partial charge in [-0.05, 0) is 24.8 Å². The third-order valence-corrected chi connectivity index (χ3v) is 6.24. The number of sulfonamides is 1. The molecule has 106 valence electrons. The summed E-state index contributed by atoms with van der Waals surface area (Å²) in [4.78, 5) is 12.9. The lowest BCUT2D eigenvalue weighted by atomic mass is 10.1. The Morgan fingerprint density at radius 3 is 2.95 bits per heavy atom. The second-order valence-electron chi connectivity index (χ2n) is 4.60. The van der Waals surface area contributed by atoms with E-state index in [1.54, 1.807) is 11.3 Å². The van der Waals surface area contributed by atoms with Gasteiger partial charge in [-0.15, -0.1) is 11.3 Å². The first-order valence-electron chi connectivity index (χ1n) is 6.29. The SMILES string of the molecule is CC(C(=O)NCCN1CCCS1(=O)=O)c1cccs1. The highest BCUT2D eigenvalue weighted by Crippen LogP contribution is 2.20. The van der Waals surface area contributed by atoms with E-state index < -0.39 is 10.0 Å². The minimum absolute atomic E-state index is 0.0564. The molecule has 0 saturated carbocycles. The summed E-state index contributed by atoms with van der Waals surface area (Å²) in [6.07, 6.45) is 0.682. The Hall–Kier alpha value is -0.920. The van der Waals surface area contributed by atoms with Crippen LogP contribution in [0.2, 0.25) is 0 Å². The lowest BCUT2D eigenvalue weighted by Crippen LogP contribution is -2.37. The second-order valence-corrected chi connectivity index (χ2v) is 7.66. The molecule has 1 aromatic heterocycles. The average molecular weight is 302 g/mol. The molecule has 1 atom stereocenters. The van der Waals surface area contributed by atoms with Crippen molar-refractivity contribution in [1.29, 1.82) is 0 Å². The van der Waals surface area contributed by atoms with Crippen molar-refractivity contribution in [3.8, 4) is 0 Å². The van der Waals surface area contributed by atoms with Gasteiger partial charge in [-0.1, -0.05) is 6.07 Å². The van der Waals surface area contributed by atoms with Crippen LogP contribution in [0.25, 0.3) is 0 Å². The summed E-state index contributed by atoms with van der Waals surface area (Å²) in [6.45, 7) is 3.16. The molecule has 0 spiro atoms. The lowest BCUT2D eigenvalue weighted by Gasteiger charge is -2.16. The van der Waals surface area contributed by atoms with Crippen molar-refractivity contribution in [2.75, 3.05) is 25.4 Å². The molecule has 0 aromatic carbocycles. The standard InChI is InChI=1S/C12H18N2O3S2/c1-10(11-4-2-8-18-11)12(15)13-5-7-14-6-3-9-19(14,16)17/h2,4,8,10H,3,5-7,9H2,1H3,(H,13,15). The fraction of sp³-hybridized carbons (Fsp3) is 0.583. The zero-order valence-electron chi connectivity index (χ0n) is 10.8. The Morgan fingerprint density at radius 1 is 1.58 bits per heavy atom. The van der Waals surface area contributed by atoms with E-state index in [1.165, 1.54) is 4.31 Å². The van der Waals surface area contributed by atoms with E-state index in [0.29, 0.717) is 26.1 Å². The summed E-state index contributed by atoms with van der Waals surface area (Å²) in [5.41, 5.74) is 0. The third kappa shape index (κ3) is 3.55. The van der Waals surface area contributed by atoms with E-state index in [4.69, 9.17) is 0 Å². The first-order valence-corrected chi connectivity index (χ1v) is 8.78. The summed E-state index contributed by atoms with van der Waals surface area (Å²) in [5.74, 6) is -0.0127. The van der Waals surface area contributed by atoms with E-state index in [1.807, 2.05) is 24.4 Å². The topological polar surface area (TPSA) is 66.5 Å². The molecule has 0 bridgehead atoms. The Kier molecular flexibility index (Phi) is 4.59. The highest BCUT2D eigenvalue weighted by atomic mass is 32.2. The normalized spacial score (nSPS) is 20.3. The van der Waals surface area contributed by atoms with Crippen LogP contribution in [0.3, 0.4) is 0 Å². The maximum absolute atomic E-state index is 11.9. The smallest absolute Gasteiger partial charge is 0.228 e. The quantitative estimate of drug-likeness (QED) is 0.882. The number of thiophene rings is 1. The van der Waals surface area contributed by atoms with Gasteiger partial charge in [0.15, 0.2) is 0 Å². The highest BCUT2D eigenvalue weighted by molar-refractivity contribution is 7.89. The van der Waals surface area contributed by atoms with Crippen molar-refractivity contribution in [2.24, 2.45) is 0 Å². The molecule has 1 aromatic rings. The first-order chi connectivity index (χ1) is 9.00. The van der Waals surface area contributed by atoms with Crippen LogP contribution in [-0.4, -0.2) is 44.0 Å². The Morgan fingerprint density at radius 2 is 2.37 bits per heavy atom. The fourth-order valence-corrected chi connectivity index (χ4v) is 4.38. The summed E-state index contributed by atoms with van der Waals surface area (Å²) < 4.78 is 24.6. The van der Waals surface area contributed by atoms with Gasteiger partial charge in [-0.25, -0.2) is 12.7 Å². The molecule has 0 radical (unpaired) electrons. The van der Waals surface area contributed by atoms with Gasteiger partial charge < -0.3 is 5.32 Å². The summed E-state index contributed by atoms with van der Waals surface area (Å²) in [7, 11) is -3.06. The van der Waals surface area contributed by atoms with Gasteiger partial charge in [-0.3, -0.25) is 4.79 Å². The zero-order chi connectivity index (χ0) is 13.9. The molecule has 5 nitrogen and oxygen atoms in total. The summed E-state index contributed by atoms with van der Waals surface area (Å²) >= 11 is 1.55. The van der Waals surface area contributed by atoms with Crippen molar-refractivity contribution in [2.45, 2.75) is 19.3 Å². The number of carbonyl (C=O) groups excluding carboxylic acids is 1. The van der Waals surface area contributed by atoms with E-state index >= 15 is 0 Å². The molecule has 1 aliphatic heterocycles. The molecule has 1 unspecified atom stereocenters.